The van der Waals surface area contributed by atoms with Crippen molar-refractivity contribution < 1.29 is 19.1 Å². The molecule has 2 aromatic carbocycles. The van der Waals surface area contributed by atoms with Gasteiger partial charge in [-0.05, 0) is 48.0 Å². The van der Waals surface area contributed by atoms with Crippen molar-refractivity contribution in [3.63, 3.8) is 0 Å². The number of halogens is 1. The molecule has 0 amide bonds. The van der Waals surface area contributed by atoms with Gasteiger partial charge in [0.2, 0.25) is 0 Å². The molecule has 0 N–H and O–H groups in total. The van der Waals surface area contributed by atoms with E-state index in [4.69, 9.17) is 16.3 Å². The van der Waals surface area contributed by atoms with Crippen molar-refractivity contribution in [2.45, 2.75) is 0 Å². The number of esters is 2. The number of rotatable bonds is 4. The van der Waals surface area contributed by atoms with Crippen molar-refractivity contribution in [3.05, 3.63) is 70.8 Å². The van der Waals surface area contributed by atoms with Crippen LogP contribution in [0.2, 0.25) is 5.02 Å². The summed E-state index contributed by atoms with van der Waals surface area (Å²) >= 11 is 5.78. The van der Waals surface area contributed by atoms with E-state index in [9.17, 15) is 9.59 Å². The average molecular weight is 317 g/mol. The standard InChI is InChI=1S/C17H13ClO4/c1-21-17(20)13-5-9-15(10-6-13)22-16(19)11-4-12-2-7-14(18)8-3-12/h2-11H,1H3/b11-4+. The van der Waals surface area contributed by atoms with Crippen LogP contribution in [0.25, 0.3) is 6.08 Å². The van der Waals surface area contributed by atoms with E-state index < -0.39 is 11.9 Å². The fourth-order valence-electron chi connectivity index (χ4n) is 1.67. The minimum atomic E-state index is -0.513. The lowest BCUT2D eigenvalue weighted by Gasteiger charge is -2.03. The molecule has 0 aliphatic heterocycles. The van der Waals surface area contributed by atoms with Crippen LogP contribution < -0.4 is 4.74 Å². The number of methoxy groups -OCH3 is 1. The van der Waals surface area contributed by atoms with Crippen LogP contribution >= 0.6 is 11.6 Å². The molecule has 0 aliphatic carbocycles. The number of benzene rings is 2. The first-order valence-electron chi connectivity index (χ1n) is 6.42. The Morgan fingerprint density at radius 3 is 2.23 bits per heavy atom. The van der Waals surface area contributed by atoms with Crippen molar-refractivity contribution in [1.82, 2.24) is 0 Å². The SMILES string of the molecule is COC(=O)c1ccc(OC(=O)/C=C/c2ccc(Cl)cc2)cc1. The average Bonchev–Trinajstić information content (AvgIpc) is 2.54. The van der Waals surface area contributed by atoms with Gasteiger partial charge in [-0.15, -0.1) is 0 Å². The predicted molar refractivity (Wildman–Crippen MR) is 83.9 cm³/mol. The van der Waals surface area contributed by atoms with E-state index in [-0.39, 0.29) is 0 Å². The molecule has 0 aromatic heterocycles. The molecule has 0 aliphatic rings. The Morgan fingerprint density at radius 1 is 1.00 bits per heavy atom. The van der Waals surface area contributed by atoms with E-state index in [0.29, 0.717) is 16.3 Å². The third-order valence-corrected chi connectivity index (χ3v) is 3.03. The summed E-state index contributed by atoms with van der Waals surface area (Å²) in [5.74, 6) is -0.611. The van der Waals surface area contributed by atoms with Gasteiger partial charge in [-0.3, -0.25) is 0 Å². The van der Waals surface area contributed by atoms with Crippen LogP contribution in [0.5, 0.6) is 5.75 Å². The van der Waals surface area contributed by atoms with Gasteiger partial charge in [0.15, 0.2) is 0 Å². The van der Waals surface area contributed by atoms with Crippen LogP contribution in [0.3, 0.4) is 0 Å². The van der Waals surface area contributed by atoms with Gasteiger partial charge >= 0.3 is 11.9 Å². The van der Waals surface area contributed by atoms with Crippen LogP contribution in [0.4, 0.5) is 0 Å². The number of carbonyl (C=O) groups excluding carboxylic acids is 2. The summed E-state index contributed by atoms with van der Waals surface area (Å²) in [5, 5.41) is 0.630. The zero-order chi connectivity index (χ0) is 15.9. The van der Waals surface area contributed by atoms with Crippen LogP contribution in [0.15, 0.2) is 54.6 Å². The van der Waals surface area contributed by atoms with Gasteiger partial charge < -0.3 is 9.47 Å². The zero-order valence-electron chi connectivity index (χ0n) is 11.8. The maximum Gasteiger partial charge on any atom is 0.337 e. The molecule has 4 nitrogen and oxygen atoms in total. The molecule has 22 heavy (non-hydrogen) atoms. The number of hydrogen-bond donors (Lipinski definition) is 0. The molecule has 2 aromatic rings. The summed E-state index contributed by atoms with van der Waals surface area (Å²) < 4.78 is 9.71. The Balaban J connectivity index is 1.97. The lowest BCUT2D eigenvalue weighted by molar-refractivity contribution is -0.128. The van der Waals surface area contributed by atoms with Gasteiger partial charge in [0, 0.05) is 11.1 Å². The van der Waals surface area contributed by atoms with E-state index >= 15 is 0 Å². The molecule has 0 atom stereocenters. The summed E-state index contributed by atoms with van der Waals surface area (Å²) in [7, 11) is 1.30. The minimum Gasteiger partial charge on any atom is -0.465 e. The van der Waals surface area contributed by atoms with Crippen molar-refractivity contribution in [2.24, 2.45) is 0 Å². The van der Waals surface area contributed by atoms with Gasteiger partial charge in [0.25, 0.3) is 0 Å². The quantitative estimate of drug-likeness (QED) is 0.490. The van der Waals surface area contributed by atoms with Crippen molar-refractivity contribution in [1.29, 1.82) is 0 Å². The highest BCUT2D eigenvalue weighted by atomic mass is 35.5. The monoisotopic (exact) mass is 316 g/mol. The Kier molecular flexibility index (Phi) is 5.33. The Labute approximate surface area is 132 Å². The molecule has 0 spiro atoms. The normalized spacial score (nSPS) is 10.5. The summed E-state index contributed by atoms with van der Waals surface area (Å²) in [6, 6.07) is 13.2. The number of ether oxygens (including phenoxy) is 2. The second-order valence-electron chi connectivity index (χ2n) is 4.32. The predicted octanol–water partition coefficient (Wildman–Crippen LogP) is 3.75. The highest BCUT2D eigenvalue weighted by Gasteiger charge is 2.06. The van der Waals surface area contributed by atoms with Crippen LogP contribution in [-0.2, 0) is 9.53 Å². The molecule has 0 heterocycles. The van der Waals surface area contributed by atoms with Crippen LogP contribution in [-0.4, -0.2) is 19.0 Å². The first-order valence-corrected chi connectivity index (χ1v) is 6.80. The largest absolute Gasteiger partial charge is 0.465 e. The van der Waals surface area contributed by atoms with Gasteiger partial charge in [0.1, 0.15) is 5.75 Å². The molecule has 0 saturated carbocycles. The maximum absolute atomic E-state index is 11.7. The highest BCUT2D eigenvalue weighted by Crippen LogP contribution is 2.14. The molecule has 0 bridgehead atoms. The molecular formula is C17H13ClO4. The van der Waals surface area contributed by atoms with Crippen molar-refractivity contribution in [3.8, 4) is 5.75 Å². The molecule has 0 unspecified atom stereocenters. The second-order valence-corrected chi connectivity index (χ2v) is 4.76. The van der Waals surface area contributed by atoms with Gasteiger partial charge in [-0.2, -0.15) is 0 Å². The van der Waals surface area contributed by atoms with E-state index in [2.05, 4.69) is 4.74 Å². The molecule has 112 valence electrons. The fraction of sp³-hybridized carbons (Fsp3) is 0.0588. The lowest BCUT2D eigenvalue weighted by Crippen LogP contribution is -2.05. The lowest BCUT2D eigenvalue weighted by atomic mass is 10.2. The summed E-state index contributed by atoms with van der Waals surface area (Å²) in [5.41, 5.74) is 1.22. The maximum atomic E-state index is 11.7. The summed E-state index contributed by atoms with van der Waals surface area (Å²) in [6.07, 6.45) is 2.94. The first kappa shape index (κ1) is 15.8. The number of carbonyl (C=O) groups is 2. The van der Waals surface area contributed by atoms with Gasteiger partial charge in [-0.1, -0.05) is 23.7 Å². The van der Waals surface area contributed by atoms with Crippen LogP contribution in [0.1, 0.15) is 15.9 Å². The van der Waals surface area contributed by atoms with Crippen LogP contribution in [0, 0.1) is 0 Å². The topological polar surface area (TPSA) is 52.6 Å². The molecule has 0 fully saturated rings. The van der Waals surface area contributed by atoms with Crippen molar-refractivity contribution >= 4 is 29.6 Å². The highest BCUT2D eigenvalue weighted by molar-refractivity contribution is 6.30. The summed E-state index contributed by atoms with van der Waals surface area (Å²) in [6.45, 7) is 0. The molecule has 0 saturated heterocycles. The zero-order valence-corrected chi connectivity index (χ0v) is 12.5. The van der Waals surface area contributed by atoms with Crippen molar-refractivity contribution in [2.75, 3.05) is 7.11 Å². The third-order valence-electron chi connectivity index (χ3n) is 2.78. The second kappa shape index (κ2) is 7.43. The number of hydrogen-bond acceptors (Lipinski definition) is 4. The van der Waals surface area contributed by atoms with Gasteiger partial charge in [0.05, 0.1) is 12.7 Å². The van der Waals surface area contributed by atoms with E-state index in [0.717, 1.165) is 5.56 Å². The van der Waals surface area contributed by atoms with Gasteiger partial charge in [-0.25, -0.2) is 9.59 Å². The first-order chi connectivity index (χ1) is 10.6. The fourth-order valence-corrected chi connectivity index (χ4v) is 1.79. The van der Waals surface area contributed by atoms with E-state index in [1.54, 1.807) is 30.3 Å². The van der Waals surface area contributed by atoms with E-state index in [1.807, 2.05) is 0 Å². The molecule has 5 heteroatoms. The molecule has 2 rings (SSSR count). The third kappa shape index (κ3) is 4.46. The Morgan fingerprint density at radius 2 is 1.64 bits per heavy atom. The Hall–Kier alpha value is -2.59. The van der Waals surface area contributed by atoms with E-state index in [1.165, 1.54) is 37.5 Å². The minimum absolute atomic E-state index is 0.346. The smallest absolute Gasteiger partial charge is 0.337 e. The molecular weight excluding hydrogens is 304 g/mol. The summed E-state index contributed by atoms with van der Waals surface area (Å²) in [4.78, 5) is 23.0. The molecule has 0 radical (unpaired) electrons. The Bertz CT molecular complexity index is 688.